The third-order valence-electron chi connectivity index (χ3n) is 2.51. The minimum Gasteiger partial charge on any atom is -0.301 e. The maximum absolute atomic E-state index is 13.1. The Balaban J connectivity index is 2.50. The molecule has 9 heteroatoms. The molecule has 0 unspecified atom stereocenters. The van der Waals surface area contributed by atoms with Gasteiger partial charge in [-0.1, -0.05) is 12.1 Å². The van der Waals surface area contributed by atoms with Gasteiger partial charge in [-0.05, 0) is 39.7 Å². The lowest BCUT2D eigenvalue weighted by Gasteiger charge is -1.98. The van der Waals surface area contributed by atoms with Crippen LogP contribution in [-0.2, 0) is 0 Å². The van der Waals surface area contributed by atoms with Gasteiger partial charge in [-0.25, -0.2) is 9.18 Å². The molecule has 1 aromatic heterocycles. The summed E-state index contributed by atoms with van der Waals surface area (Å²) < 4.78 is 13.3. The molecule has 0 radical (unpaired) electrons. The van der Waals surface area contributed by atoms with Crippen molar-refractivity contribution in [2.75, 3.05) is 0 Å². The second-order valence-corrected chi connectivity index (χ2v) is 4.79. The van der Waals surface area contributed by atoms with Crippen molar-refractivity contribution in [3.8, 4) is 0 Å². The van der Waals surface area contributed by atoms with E-state index < -0.39 is 27.7 Å². The van der Waals surface area contributed by atoms with Gasteiger partial charge < -0.3 is 4.98 Å². The standard InChI is InChI=1S/C12H7BrFN3O4/c13-7-5-6(1-3-8(7)14)2-4-9-10(17(20)21)11(18)16-12(19)15-9/h1-5H,(H2,15,16,18,19). The van der Waals surface area contributed by atoms with Gasteiger partial charge in [-0.3, -0.25) is 19.9 Å². The quantitative estimate of drug-likeness (QED) is 0.648. The average Bonchev–Trinajstić information content (AvgIpc) is 2.38. The Morgan fingerprint density at radius 3 is 2.57 bits per heavy atom. The molecule has 0 amide bonds. The van der Waals surface area contributed by atoms with Gasteiger partial charge in [0.1, 0.15) is 11.5 Å². The van der Waals surface area contributed by atoms with Crippen molar-refractivity contribution in [2.45, 2.75) is 0 Å². The van der Waals surface area contributed by atoms with Crippen LogP contribution in [0.1, 0.15) is 11.3 Å². The van der Waals surface area contributed by atoms with Crippen molar-refractivity contribution < 1.29 is 9.31 Å². The maximum Gasteiger partial charge on any atom is 0.357 e. The SMILES string of the molecule is O=c1[nH]c(C=Cc2ccc(F)c(Br)c2)c([N+](=O)[O-])c(=O)[nH]1. The predicted molar refractivity (Wildman–Crippen MR) is 77.4 cm³/mol. The summed E-state index contributed by atoms with van der Waals surface area (Å²) in [5, 5.41) is 10.8. The number of rotatable bonds is 3. The van der Waals surface area contributed by atoms with E-state index in [1.54, 1.807) is 4.98 Å². The summed E-state index contributed by atoms with van der Waals surface area (Å²) in [7, 11) is 0. The van der Waals surface area contributed by atoms with E-state index in [0.717, 1.165) is 0 Å². The van der Waals surface area contributed by atoms with E-state index in [2.05, 4.69) is 20.9 Å². The predicted octanol–water partition coefficient (Wildman–Crippen LogP) is 2.04. The zero-order valence-corrected chi connectivity index (χ0v) is 11.8. The van der Waals surface area contributed by atoms with Crippen LogP contribution in [-0.4, -0.2) is 14.9 Å². The Morgan fingerprint density at radius 1 is 1.24 bits per heavy atom. The molecule has 0 saturated carbocycles. The molecule has 2 N–H and O–H groups in total. The monoisotopic (exact) mass is 355 g/mol. The van der Waals surface area contributed by atoms with E-state index in [-0.39, 0.29) is 10.2 Å². The summed E-state index contributed by atoms with van der Waals surface area (Å²) in [4.78, 5) is 36.5. The lowest BCUT2D eigenvalue weighted by Crippen LogP contribution is -2.25. The number of hydrogen-bond acceptors (Lipinski definition) is 4. The summed E-state index contributed by atoms with van der Waals surface area (Å²) in [6.45, 7) is 0. The molecule has 7 nitrogen and oxygen atoms in total. The fourth-order valence-electron chi connectivity index (χ4n) is 1.59. The average molecular weight is 356 g/mol. The van der Waals surface area contributed by atoms with Gasteiger partial charge in [-0.15, -0.1) is 0 Å². The molecule has 0 saturated heterocycles. The molecule has 1 aromatic carbocycles. The summed E-state index contributed by atoms with van der Waals surface area (Å²) >= 11 is 3.00. The van der Waals surface area contributed by atoms with Crippen LogP contribution in [0.2, 0.25) is 0 Å². The Kier molecular flexibility index (Phi) is 4.13. The topological polar surface area (TPSA) is 109 Å². The summed E-state index contributed by atoms with van der Waals surface area (Å²) in [5.74, 6) is -0.456. The third kappa shape index (κ3) is 3.31. The van der Waals surface area contributed by atoms with Crippen molar-refractivity contribution in [3.63, 3.8) is 0 Å². The Hall–Kier alpha value is -2.55. The van der Waals surface area contributed by atoms with Crippen molar-refractivity contribution in [1.29, 1.82) is 0 Å². The van der Waals surface area contributed by atoms with Crippen LogP contribution in [0.4, 0.5) is 10.1 Å². The highest BCUT2D eigenvalue weighted by atomic mass is 79.9. The van der Waals surface area contributed by atoms with Crippen LogP contribution in [0.25, 0.3) is 12.2 Å². The number of nitro groups is 1. The fraction of sp³-hybridized carbons (Fsp3) is 0. The largest absolute Gasteiger partial charge is 0.357 e. The smallest absolute Gasteiger partial charge is 0.301 e. The Morgan fingerprint density at radius 2 is 1.95 bits per heavy atom. The number of hydrogen-bond donors (Lipinski definition) is 2. The van der Waals surface area contributed by atoms with Crippen LogP contribution in [0.5, 0.6) is 0 Å². The van der Waals surface area contributed by atoms with Crippen molar-refractivity contribution in [2.24, 2.45) is 0 Å². The molecule has 0 fully saturated rings. The second kappa shape index (κ2) is 5.83. The fourth-order valence-corrected chi connectivity index (χ4v) is 1.99. The molecular weight excluding hydrogens is 349 g/mol. The minimum absolute atomic E-state index is 0.221. The van der Waals surface area contributed by atoms with Crippen LogP contribution in [0.15, 0.2) is 32.3 Å². The lowest BCUT2D eigenvalue weighted by atomic mass is 10.2. The highest BCUT2D eigenvalue weighted by molar-refractivity contribution is 9.10. The van der Waals surface area contributed by atoms with E-state index in [1.807, 2.05) is 0 Å². The van der Waals surface area contributed by atoms with E-state index in [0.29, 0.717) is 5.56 Å². The molecule has 108 valence electrons. The normalized spacial score (nSPS) is 11.0. The number of H-pyrrole nitrogens is 2. The number of nitrogens with zero attached hydrogens (tertiary/aromatic N) is 1. The molecule has 0 bridgehead atoms. The summed E-state index contributed by atoms with van der Waals surface area (Å²) in [6, 6.07) is 4.09. The molecule has 0 aliphatic heterocycles. The van der Waals surface area contributed by atoms with E-state index in [4.69, 9.17) is 0 Å². The van der Waals surface area contributed by atoms with E-state index in [1.165, 1.54) is 30.4 Å². The van der Waals surface area contributed by atoms with Gasteiger partial charge >= 0.3 is 16.9 Å². The molecular formula is C12H7BrFN3O4. The number of aromatic amines is 2. The maximum atomic E-state index is 13.1. The summed E-state index contributed by atoms with van der Waals surface area (Å²) in [5.41, 5.74) is -2.44. The lowest BCUT2D eigenvalue weighted by molar-refractivity contribution is -0.386. The van der Waals surface area contributed by atoms with Gasteiger partial charge in [0.25, 0.3) is 0 Å². The number of nitrogens with one attached hydrogen (secondary N) is 2. The van der Waals surface area contributed by atoms with Crippen LogP contribution in [0.3, 0.4) is 0 Å². The van der Waals surface area contributed by atoms with Gasteiger partial charge in [-0.2, -0.15) is 0 Å². The van der Waals surface area contributed by atoms with Gasteiger partial charge in [0.05, 0.1) is 9.40 Å². The first-order valence-electron chi connectivity index (χ1n) is 5.52. The van der Waals surface area contributed by atoms with Crippen molar-refractivity contribution >= 4 is 33.8 Å². The zero-order valence-electron chi connectivity index (χ0n) is 10.2. The van der Waals surface area contributed by atoms with Crippen LogP contribution >= 0.6 is 15.9 Å². The first-order chi connectivity index (χ1) is 9.88. The first kappa shape index (κ1) is 14.9. The molecule has 0 aliphatic carbocycles. The molecule has 1 heterocycles. The number of halogens is 2. The second-order valence-electron chi connectivity index (χ2n) is 3.93. The van der Waals surface area contributed by atoms with Crippen molar-refractivity contribution in [3.05, 3.63) is 70.7 Å². The molecule has 2 rings (SSSR count). The molecule has 21 heavy (non-hydrogen) atoms. The van der Waals surface area contributed by atoms with E-state index in [9.17, 15) is 24.1 Å². The van der Waals surface area contributed by atoms with Crippen LogP contribution < -0.4 is 11.2 Å². The number of benzene rings is 1. The van der Waals surface area contributed by atoms with Crippen LogP contribution in [0, 0.1) is 15.9 Å². The molecule has 0 aliphatic rings. The van der Waals surface area contributed by atoms with Gasteiger partial charge in [0.15, 0.2) is 0 Å². The highest BCUT2D eigenvalue weighted by Crippen LogP contribution is 2.19. The van der Waals surface area contributed by atoms with E-state index >= 15 is 0 Å². The van der Waals surface area contributed by atoms with Crippen molar-refractivity contribution in [1.82, 2.24) is 9.97 Å². The zero-order chi connectivity index (χ0) is 15.6. The molecule has 0 atom stereocenters. The summed E-state index contributed by atoms with van der Waals surface area (Å²) in [6.07, 6.45) is 2.61. The minimum atomic E-state index is -1.09. The molecule has 2 aromatic rings. The number of aromatic nitrogens is 2. The van der Waals surface area contributed by atoms with Gasteiger partial charge in [0, 0.05) is 0 Å². The van der Waals surface area contributed by atoms with Gasteiger partial charge in [0.2, 0.25) is 0 Å². The highest BCUT2D eigenvalue weighted by Gasteiger charge is 2.18. The first-order valence-corrected chi connectivity index (χ1v) is 6.32. The Labute approximate surface area is 124 Å². The molecule has 0 spiro atoms. The third-order valence-corrected chi connectivity index (χ3v) is 3.12. The Bertz CT molecular complexity index is 856.